The molecule has 6 unspecified atom stereocenters. The summed E-state index contributed by atoms with van der Waals surface area (Å²) in [6.07, 6.45) is 10.7. The Morgan fingerprint density at radius 3 is 2.32 bits per heavy atom. The smallest absolute Gasteiger partial charge is 0.303 e. The number of hydrogen-bond donors (Lipinski definition) is 0. The van der Waals surface area contributed by atoms with Gasteiger partial charge >= 0.3 is 5.97 Å². The summed E-state index contributed by atoms with van der Waals surface area (Å²) in [5.41, 5.74) is 3.95. The normalized spacial score (nSPS) is 50.4. The fourth-order valence-electron chi connectivity index (χ4n) is 9.20. The first kappa shape index (κ1) is 20.5. The Morgan fingerprint density at radius 1 is 0.964 bits per heavy atom. The lowest BCUT2D eigenvalue weighted by Gasteiger charge is -2.67. The van der Waals surface area contributed by atoms with Crippen LogP contribution in [0.2, 0.25) is 0 Å². The van der Waals surface area contributed by atoms with E-state index in [0.717, 1.165) is 24.2 Å². The summed E-state index contributed by atoms with van der Waals surface area (Å²) < 4.78 is 5.92. The van der Waals surface area contributed by atoms with E-state index < -0.39 is 0 Å². The standard InChI is InChI=1S/C26H42O2/c1-16(2)23-20-10-11-22-24(5)13-8-9-17(3)19(24)12-14-25(22,6)26(20,7)15-21(23)28-18(4)27/h17,19-22H,8-15H2,1-7H3/t17-,19?,20?,21?,22?,24?,25+,26?/m1/s1. The van der Waals surface area contributed by atoms with Crippen LogP contribution < -0.4 is 0 Å². The quantitative estimate of drug-likeness (QED) is 0.360. The van der Waals surface area contributed by atoms with Gasteiger partial charge in [0.15, 0.2) is 0 Å². The lowest BCUT2D eigenvalue weighted by molar-refractivity contribution is -0.185. The lowest BCUT2D eigenvalue weighted by Crippen LogP contribution is -2.60. The first-order valence-electron chi connectivity index (χ1n) is 11.9. The molecule has 0 saturated heterocycles. The zero-order valence-electron chi connectivity index (χ0n) is 19.4. The molecule has 8 atom stereocenters. The van der Waals surface area contributed by atoms with E-state index in [-0.39, 0.29) is 17.5 Å². The van der Waals surface area contributed by atoms with Crippen LogP contribution in [0.15, 0.2) is 11.1 Å². The van der Waals surface area contributed by atoms with Gasteiger partial charge in [0, 0.05) is 6.92 Å². The molecule has 0 spiro atoms. The molecule has 0 amide bonds. The summed E-state index contributed by atoms with van der Waals surface area (Å²) in [4.78, 5) is 11.9. The summed E-state index contributed by atoms with van der Waals surface area (Å²) in [5, 5.41) is 0. The van der Waals surface area contributed by atoms with Gasteiger partial charge in [0.2, 0.25) is 0 Å². The van der Waals surface area contributed by atoms with Gasteiger partial charge in [-0.25, -0.2) is 0 Å². The molecule has 28 heavy (non-hydrogen) atoms. The molecule has 2 heteroatoms. The van der Waals surface area contributed by atoms with Crippen molar-refractivity contribution in [2.75, 3.05) is 0 Å². The largest absolute Gasteiger partial charge is 0.458 e. The van der Waals surface area contributed by atoms with E-state index in [9.17, 15) is 4.79 Å². The van der Waals surface area contributed by atoms with E-state index in [1.807, 2.05) is 0 Å². The van der Waals surface area contributed by atoms with Crippen LogP contribution in [0.5, 0.6) is 0 Å². The minimum atomic E-state index is -0.121. The number of rotatable bonds is 1. The van der Waals surface area contributed by atoms with E-state index in [2.05, 4.69) is 41.5 Å². The number of carbonyl (C=O) groups excluding carboxylic acids is 1. The van der Waals surface area contributed by atoms with Gasteiger partial charge in [0.25, 0.3) is 0 Å². The van der Waals surface area contributed by atoms with Crippen LogP contribution in [0, 0.1) is 39.9 Å². The average Bonchev–Trinajstić information content (AvgIpc) is 2.87. The second-order valence-corrected chi connectivity index (χ2v) is 11.8. The van der Waals surface area contributed by atoms with Crippen molar-refractivity contribution < 1.29 is 9.53 Å². The number of hydrogen-bond acceptors (Lipinski definition) is 2. The van der Waals surface area contributed by atoms with Gasteiger partial charge in [-0.3, -0.25) is 4.79 Å². The van der Waals surface area contributed by atoms with Crippen molar-refractivity contribution in [1.82, 2.24) is 0 Å². The van der Waals surface area contributed by atoms with Crippen LogP contribution >= 0.6 is 0 Å². The van der Waals surface area contributed by atoms with Crippen LogP contribution in [-0.4, -0.2) is 12.1 Å². The van der Waals surface area contributed by atoms with Crippen molar-refractivity contribution in [3.8, 4) is 0 Å². The predicted octanol–water partition coefficient (Wildman–Crippen LogP) is 6.93. The van der Waals surface area contributed by atoms with E-state index in [0.29, 0.717) is 16.7 Å². The van der Waals surface area contributed by atoms with Gasteiger partial charge in [-0.1, -0.05) is 46.1 Å². The van der Waals surface area contributed by atoms with E-state index >= 15 is 0 Å². The van der Waals surface area contributed by atoms with Crippen LogP contribution in [0.4, 0.5) is 0 Å². The van der Waals surface area contributed by atoms with Gasteiger partial charge in [0.1, 0.15) is 6.10 Å². The molecule has 0 aromatic carbocycles. The molecular formula is C26H42O2. The molecule has 2 nitrogen and oxygen atoms in total. The second kappa shape index (κ2) is 6.61. The van der Waals surface area contributed by atoms with Crippen molar-refractivity contribution in [3.05, 3.63) is 11.1 Å². The molecule has 4 aliphatic rings. The molecule has 4 saturated carbocycles. The Bertz CT molecular complexity index is 689. The van der Waals surface area contributed by atoms with Crippen molar-refractivity contribution in [1.29, 1.82) is 0 Å². The first-order chi connectivity index (χ1) is 13.0. The fraction of sp³-hybridized carbons (Fsp3) is 0.885. The number of fused-ring (bicyclic) bond motifs is 5. The summed E-state index contributed by atoms with van der Waals surface area (Å²) in [6.45, 7) is 16.4. The highest BCUT2D eigenvalue weighted by molar-refractivity contribution is 5.66. The number of esters is 1. The molecule has 0 N–H and O–H groups in total. The van der Waals surface area contributed by atoms with Crippen LogP contribution in [0.3, 0.4) is 0 Å². The molecule has 0 aliphatic heterocycles. The lowest BCUT2D eigenvalue weighted by atomic mass is 9.37. The molecule has 4 aliphatic carbocycles. The Balaban J connectivity index is 1.75. The van der Waals surface area contributed by atoms with E-state index in [4.69, 9.17) is 4.74 Å². The maximum atomic E-state index is 11.9. The molecule has 4 rings (SSSR count). The fourth-order valence-corrected chi connectivity index (χ4v) is 9.20. The summed E-state index contributed by atoms with van der Waals surface area (Å²) >= 11 is 0. The van der Waals surface area contributed by atoms with Gasteiger partial charge in [-0.2, -0.15) is 0 Å². The van der Waals surface area contributed by atoms with Crippen LogP contribution in [-0.2, 0) is 9.53 Å². The molecule has 0 aromatic heterocycles. The maximum Gasteiger partial charge on any atom is 0.303 e. The Kier molecular flexibility index (Phi) is 4.83. The topological polar surface area (TPSA) is 26.3 Å². The zero-order chi connectivity index (χ0) is 20.5. The molecule has 4 fully saturated rings. The zero-order valence-corrected chi connectivity index (χ0v) is 19.4. The molecule has 0 radical (unpaired) electrons. The summed E-state index contributed by atoms with van der Waals surface area (Å²) in [6, 6.07) is 0. The van der Waals surface area contributed by atoms with Crippen molar-refractivity contribution in [2.24, 2.45) is 39.9 Å². The van der Waals surface area contributed by atoms with E-state index in [1.54, 1.807) is 6.92 Å². The minimum absolute atomic E-state index is 0.00360. The predicted molar refractivity (Wildman–Crippen MR) is 115 cm³/mol. The maximum absolute atomic E-state index is 11.9. The Morgan fingerprint density at radius 2 is 1.68 bits per heavy atom. The number of allylic oxidation sites excluding steroid dienone is 1. The highest BCUT2D eigenvalue weighted by Crippen LogP contribution is 2.74. The van der Waals surface area contributed by atoms with Crippen molar-refractivity contribution in [3.63, 3.8) is 0 Å². The highest BCUT2D eigenvalue weighted by atomic mass is 16.5. The number of ether oxygens (including phenoxy) is 1. The van der Waals surface area contributed by atoms with Gasteiger partial charge in [0.05, 0.1) is 0 Å². The SMILES string of the molecule is CC(=O)OC1CC2(C)C(CCC3C4(C)CCC[C@@H](C)C4CC[C@@]32C)C1=C(C)C. The third-order valence-corrected chi connectivity index (χ3v) is 10.5. The molecular weight excluding hydrogens is 344 g/mol. The van der Waals surface area contributed by atoms with Crippen LogP contribution in [0.1, 0.15) is 99.8 Å². The number of carbonyl (C=O) groups is 1. The third-order valence-electron chi connectivity index (χ3n) is 10.5. The summed E-state index contributed by atoms with van der Waals surface area (Å²) in [7, 11) is 0. The minimum Gasteiger partial charge on any atom is -0.458 e. The van der Waals surface area contributed by atoms with Gasteiger partial charge < -0.3 is 4.74 Å². The average molecular weight is 387 g/mol. The van der Waals surface area contributed by atoms with Gasteiger partial charge in [-0.15, -0.1) is 0 Å². The van der Waals surface area contributed by atoms with Gasteiger partial charge in [-0.05, 0) is 97.9 Å². The monoisotopic (exact) mass is 386 g/mol. The molecule has 0 aromatic rings. The molecule has 158 valence electrons. The van der Waals surface area contributed by atoms with E-state index in [1.165, 1.54) is 56.1 Å². The van der Waals surface area contributed by atoms with Crippen molar-refractivity contribution in [2.45, 2.75) is 106 Å². The van der Waals surface area contributed by atoms with Crippen LogP contribution in [0.25, 0.3) is 0 Å². The highest BCUT2D eigenvalue weighted by Gasteiger charge is 2.67. The summed E-state index contributed by atoms with van der Waals surface area (Å²) in [5.74, 6) is 3.08. The third kappa shape index (κ3) is 2.61. The second-order valence-electron chi connectivity index (χ2n) is 11.8. The Hall–Kier alpha value is -0.790. The molecule has 0 bridgehead atoms. The molecule has 0 heterocycles. The Labute approximate surface area is 172 Å². The first-order valence-corrected chi connectivity index (χ1v) is 11.9. The van der Waals surface area contributed by atoms with Crippen molar-refractivity contribution >= 4 is 5.97 Å².